The molecule has 1 unspecified atom stereocenters. The van der Waals surface area contributed by atoms with Crippen molar-refractivity contribution in [3.63, 3.8) is 0 Å². The number of fused-ring (bicyclic) bond motifs is 1. The van der Waals surface area contributed by atoms with Crippen LogP contribution >= 0.6 is 23.2 Å². The number of aromatic nitrogens is 1. The number of aryl methyl sites for hydroxylation is 1. The number of carbonyl (C=O) groups excluding carboxylic acids is 1. The standard InChI is InChI=1S/C20H19Cl2NO4/c1-23-15-6-4-3-5-13(15)20(17(24)10-19(25)26-2)16(23)11-27-18-8-7-12(21)9-14(18)22/h3-9,17,24H,10-11H2,1-2H3. The zero-order valence-electron chi connectivity index (χ0n) is 14.9. The molecular weight excluding hydrogens is 389 g/mol. The largest absolute Gasteiger partial charge is 0.486 e. The lowest BCUT2D eigenvalue weighted by Crippen LogP contribution is -2.12. The first-order valence-corrected chi connectivity index (χ1v) is 9.07. The summed E-state index contributed by atoms with van der Waals surface area (Å²) in [6.07, 6.45) is -1.15. The minimum absolute atomic E-state index is 0.140. The Morgan fingerprint density at radius 3 is 2.67 bits per heavy atom. The molecule has 1 heterocycles. The van der Waals surface area contributed by atoms with E-state index in [1.54, 1.807) is 18.2 Å². The van der Waals surface area contributed by atoms with Gasteiger partial charge in [-0.05, 0) is 24.3 Å². The van der Waals surface area contributed by atoms with Crippen LogP contribution in [-0.4, -0.2) is 22.8 Å². The van der Waals surface area contributed by atoms with Crippen molar-refractivity contribution in [1.29, 1.82) is 0 Å². The molecular formula is C20H19Cl2NO4. The van der Waals surface area contributed by atoms with Crippen LogP contribution in [0.4, 0.5) is 0 Å². The summed E-state index contributed by atoms with van der Waals surface area (Å²) in [5.74, 6) is 0.00257. The Morgan fingerprint density at radius 1 is 1.22 bits per heavy atom. The minimum atomic E-state index is -1.01. The fourth-order valence-electron chi connectivity index (χ4n) is 3.10. The summed E-state index contributed by atoms with van der Waals surface area (Å²) in [4.78, 5) is 11.7. The van der Waals surface area contributed by atoms with E-state index in [-0.39, 0.29) is 13.0 Å². The Hall–Kier alpha value is -2.21. The van der Waals surface area contributed by atoms with E-state index in [0.717, 1.165) is 16.6 Å². The van der Waals surface area contributed by atoms with Gasteiger partial charge in [-0.2, -0.15) is 0 Å². The molecule has 0 saturated carbocycles. The van der Waals surface area contributed by atoms with Crippen molar-refractivity contribution in [1.82, 2.24) is 4.57 Å². The number of benzene rings is 2. The molecule has 0 saturated heterocycles. The van der Waals surface area contributed by atoms with E-state index in [1.807, 2.05) is 35.9 Å². The fourth-order valence-corrected chi connectivity index (χ4v) is 3.57. The molecule has 0 aliphatic carbocycles. The van der Waals surface area contributed by atoms with Gasteiger partial charge in [0.1, 0.15) is 12.4 Å². The van der Waals surface area contributed by atoms with E-state index in [4.69, 9.17) is 32.7 Å². The molecule has 0 amide bonds. The molecule has 7 heteroatoms. The van der Waals surface area contributed by atoms with Crippen LogP contribution in [0.2, 0.25) is 10.0 Å². The van der Waals surface area contributed by atoms with Gasteiger partial charge in [-0.1, -0.05) is 41.4 Å². The number of nitrogens with zero attached hydrogens (tertiary/aromatic N) is 1. The third-order valence-electron chi connectivity index (χ3n) is 4.45. The van der Waals surface area contributed by atoms with Crippen molar-refractivity contribution in [2.75, 3.05) is 7.11 Å². The van der Waals surface area contributed by atoms with Crippen LogP contribution in [0.15, 0.2) is 42.5 Å². The zero-order valence-corrected chi connectivity index (χ0v) is 16.4. The predicted molar refractivity (Wildman–Crippen MR) is 105 cm³/mol. The van der Waals surface area contributed by atoms with Gasteiger partial charge < -0.3 is 19.1 Å². The molecule has 3 rings (SSSR count). The summed E-state index contributed by atoms with van der Waals surface area (Å²) in [6.45, 7) is 0.167. The molecule has 5 nitrogen and oxygen atoms in total. The lowest BCUT2D eigenvalue weighted by Gasteiger charge is -2.14. The topological polar surface area (TPSA) is 60.7 Å². The van der Waals surface area contributed by atoms with Crippen LogP contribution in [0, 0.1) is 0 Å². The normalized spacial score (nSPS) is 12.2. The van der Waals surface area contributed by atoms with Crippen molar-refractivity contribution in [2.24, 2.45) is 7.05 Å². The molecule has 27 heavy (non-hydrogen) atoms. The summed E-state index contributed by atoms with van der Waals surface area (Å²) in [6, 6.07) is 12.6. The molecule has 142 valence electrons. The van der Waals surface area contributed by atoms with Gasteiger partial charge in [0.05, 0.1) is 30.4 Å². The number of methoxy groups -OCH3 is 1. The van der Waals surface area contributed by atoms with Gasteiger partial charge in [0.25, 0.3) is 0 Å². The van der Waals surface area contributed by atoms with Crippen LogP contribution in [0.3, 0.4) is 0 Å². The van der Waals surface area contributed by atoms with E-state index in [0.29, 0.717) is 21.4 Å². The number of halogens is 2. The van der Waals surface area contributed by atoms with Crippen LogP contribution in [0.5, 0.6) is 5.75 Å². The summed E-state index contributed by atoms with van der Waals surface area (Å²) in [5.41, 5.74) is 2.32. The van der Waals surface area contributed by atoms with E-state index < -0.39 is 12.1 Å². The Bertz CT molecular complexity index is 984. The molecule has 0 fully saturated rings. The first kappa shape index (κ1) is 19.5. The fraction of sp³-hybridized carbons (Fsp3) is 0.250. The molecule has 1 N–H and O–H groups in total. The Kier molecular flexibility index (Phi) is 5.95. The van der Waals surface area contributed by atoms with Gasteiger partial charge in [0.2, 0.25) is 0 Å². The Balaban J connectivity index is 1.99. The first-order chi connectivity index (χ1) is 12.9. The number of aliphatic hydroxyl groups excluding tert-OH is 1. The molecule has 0 bridgehead atoms. The van der Waals surface area contributed by atoms with Crippen LogP contribution in [0.1, 0.15) is 23.8 Å². The second kappa shape index (κ2) is 8.21. The quantitative estimate of drug-likeness (QED) is 0.603. The summed E-state index contributed by atoms with van der Waals surface area (Å²) >= 11 is 12.1. The molecule has 2 aromatic carbocycles. The monoisotopic (exact) mass is 407 g/mol. The molecule has 0 spiro atoms. The summed E-state index contributed by atoms with van der Waals surface area (Å²) < 4.78 is 12.5. The van der Waals surface area contributed by atoms with Gasteiger partial charge in [-0.3, -0.25) is 4.79 Å². The van der Waals surface area contributed by atoms with Gasteiger partial charge in [0.15, 0.2) is 0 Å². The average molecular weight is 408 g/mol. The van der Waals surface area contributed by atoms with E-state index in [1.165, 1.54) is 7.11 Å². The number of aliphatic hydroxyl groups is 1. The highest BCUT2D eigenvalue weighted by molar-refractivity contribution is 6.35. The van der Waals surface area contributed by atoms with Crippen molar-refractivity contribution < 1.29 is 19.4 Å². The number of carbonyl (C=O) groups is 1. The highest BCUT2D eigenvalue weighted by Crippen LogP contribution is 2.34. The van der Waals surface area contributed by atoms with E-state index >= 15 is 0 Å². The third kappa shape index (κ3) is 4.05. The summed E-state index contributed by atoms with van der Waals surface area (Å²) in [7, 11) is 3.18. The van der Waals surface area contributed by atoms with E-state index in [2.05, 4.69) is 0 Å². The number of para-hydroxylation sites is 1. The molecule has 0 aliphatic heterocycles. The predicted octanol–water partition coefficient (Wildman–Crippen LogP) is 4.66. The third-order valence-corrected chi connectivity index (χ3v) is 4.98. The molecule has 0 aliphatic rings. The Labute approximate surface area is 167 Å². The zero-order chi connectivity index (χ0) is 19.6. The highest BCUT2D eigenvalue weighted by atomic mass is 35.5. The van der Waals surface area contributed by atoms with Crippen LogP contribution in [0.25, 0.3) is 10.9 Å². The maximum atomic E-state index is 11.7. The molecule has 0 radical (unpaired) electrons. The highest BCUT2D eigenvalue weighted by Gasteiger charge is 2.24. The van der Waals surface area contributed by atoms with Gasteiger partial charge in [-0.25, -0.2) is 0 Å². The second-order valence-corrected chi connectivity index (χ2v) is 6.94. The maximum absolute atomic E-state index is 11.7. The SMILES string of the molecule is COC(=O)CC(O)c1c(COc2ccc(Cl)cc2Cl)n(C)c2ccccc12. The number of hydrogen-bond donors (Lipinski definition) is 1. The lowest BCUT2D eigenvalue weighted by atomic mass is 10.0. The number of ether oxygens (including phenoxy) is 2. The van der Waals surface area contributed by atoms with Gasteiger partial charge in [0, 0.05) is 28.5 Å². The van der Waals surface area contributed by atoms with Gasteiger partial charge in [-0.15, -0.1) is 0 Å². The van der Waals surface area contributed by atoms with E-state index in [9.17, 15) is 9.90 Å². The number of rotatable bonds is 6. The average Bonchev–Trinajstić information content (AvgIpc) is 2.93. The van der Waals surface area contributed by atoms with Crippen molar-refractivity contribution in [3.8, 4) is 5.75 Å². The van der Waals surface area contributed by atoms with Crippen LogP contribution in [-0.2, 0) is 23.2 Å². The molecule has 1 aromatic heterocycles. The number of esters is 1. The summed E-state index contributed by atoms with van der Waals surface area (Å²) in [5, 5.41) is 12.5. The smallest absolute Gasteiger partial charge is 0.308 e. The van der Waals surface area contributed by atoms with Crippen molar-refractivity contribution in [3.05, 3.63) is 63.8 Å². The molecule has 3 aromatic rings. The van der Waals surface area contributed by atoms with Gasteiger partial charge >= 0.3 is 5.97 Å². The minimum Gasteiger partial charge on any atom is -0.486 e. The molecule has 1 atom stereocenters. The Morgan fingerprint density at radius 2 is 1.96 bits per heavy atom. The van der Waals surface area contributed by atoms with Crippen LogP contribution < -0.4 is 4.74 Å². The number of hydrogen-bond acceptors (Lipinski definition) is 4. The van der Waals surface area contributed by atoms with Crippen molar-refractivity contribution in [2.45, 2.75) is 19.1 Å². The first-order valence-electron chi connectivity index (χ1n) is 8.31. The second-order valence-electron chi connectivity index (χ2n) is 6.10. The maximum Gasteiger partial charge on any atom is 0.308 e. The lowest BCUT2D eigenvalue weighted by molar-refractivity contribution is -0.142. The van der Waals surface area contributed by atoms with Crippen molar-refractivity contribution >= 4 is 40.1 Å².